The van der Waals surface area contributed by atoms with Crippen molar-refractivity contribution < 1.29 is 4.79 Å². The summed E-state index contributed by atoms with van der Waals surface area (Å²) in [4.78, 5) is 13.9. The average Bonchev–Trinajstić information content (AvgIpc) is 2.24. The summed E-state index contributed by atoms with van der Waals surface area (Å²) in [7, 11) is 2.09. The summed E-state index contributed by atoms with van der Waals surface area (Å²) in [5.41, 5.74) is 7.36. The van der Waals surface area contributed by atoms with Gasteiger partial charge in [-0.2, -0.15) is 0 Å². The minimum absolute atomic E-state index is 0.0418. The molecule has 0 unspecified atom stereocenters. The molecule has 1 aliphatic heterocycles. The highest BCUT2D eigenvalue weighted by Crippen LogP contribution is 2.28. The summed E-state index contributed by atoms with van der Waals surface area (Å²) in [5.74, 6) is 0.543. The normalized spacial score (nSPS) is 17.5. The average molecular weight is 204 g/mol. The van der Waals surface area contributed by atoms with Gasteiger partial charge in [-0.05, 0) is 12.6 Å². The van der Waals surface area contributed by atoms with Crippen LogP contribution in [0.25, 0.3) is 0 Å². The quantitative estimate of drug-likeness (QED) is 0.743. The lowest BCUT2D eigenvalue weighted by atomic mass is 9.87. The van der Waals surface area contributed by atoms with E-state index in [1.807, 2.05) is 24.3 Å². The zero-order valence-corrected chi connectivity index (χ0v) is 8.94. The van der Waals surface area contributed by atoms with Crippen LogP contribution < -0.4 is 5.73 Å². The summed E-state index contributed by atoms with van der Waals surface area (Å²) in [6.07, 6.45) is 0. The van der Waals surface area contributed by atoms with Gasteiger partial charge in [-0.3, -0.25) is 4.79 Å². The minimum Gasteiger partial charge on any atom is -0.324 e. The molecule has 0 bridgehead atoms. The second-order valence-electron chi connectivity index (χ2n) is 4.13. The van der Waals surface area contributed by atoms with E-state index in [0.717, 1.165) is 24.2 Å². The van der Waals surface area contributed by atoms with Gasteiger partial charge in [-0.15, -0.1) is 0 Å². The molecule has 0 radical (unpaired) electrons. The molecule has 2 rings (SSSR count). The monoisotopic (exact) mass is 204 g/mol. The molecule has 80 valence electrons. The molecule has 1 fully saturated rings. The number of Topliss-reactive ketones (excluding diaryl/α,β-unsaturated/α-hetero) is 1. The molecule has 1 aromatic carbocycles. The Kier molecular flexibility index (Phi) is 2.84. The fraction of sp³-hybridized carbons (Fsp3) is 0.417. The van der Waals surface area contributed by atoms with E-state index >= 15 is 0 Å². The van der Waals surface area contributed by atoms with Gasteiger partial charge in [0.25, 0.3) is 0 Å². The predicted molar refractivity (Wildman–Crippen MR) is 60.1 cm³/mol. The SMILES string of the molecule is CN1CC(c2ccccc2C(=O)CN)C1. The summed E-state index contributed by atoms with van der Waals surface area (Å²) < 4.78 is 0. The Labute approximate surface area is 89.9 Å². The van der Waals surface area contributed by atoms with E-state index in [0.29, 0.717) is 5.92 Å². The molecule has 3 heteroatoms. The molecule has 1 saturated heterocycles. The van der Waals surface area contributed by atoms with E-state index in [9.17, 15) is 4.79 Å². The Hall–Kier alpha value is -1.19. The molecule has 0 amide bonds. The van der Waals surface area contributed by atoms with Gasteiger partial charge in [-0.25, -0.2) is 0 Å². The molecule has 1 heterocycles. The lowest BCUT2D eigenvalue weighted by Crippen LogP contribution is -2.42. The number of benzene rings is 1. The first kappa shape index (κ1) is 10.3. The molecule has 15 heavy (non-hydrogen) atoms. The number of nitrogens with zero attached hydrogens (tertiary/aromatic N) is 1. The van der Waals surface area contributed by atoms with Crippen molar-refractivity contribution in [2.75, 3.05) is 26.7 Å². The van der Waals surface area contributed by atoms with Crippen LogP contribution >= 0.6 is 0 Å². The van der Waals surface area contributed by atoms with Crippen LogP contribution in [-0.4, -0.2) is 37.4 Å². The largest absolute Gasteiger partial charge is 0.324 e. The van der Waals surface area contributed by atoms with Crippen LogP contribution in [0.4, 0.5) is 0 Å². The van der Waals surface area contributed by atoms with Crippen LogP contribution in [-0.2, 0) is 0 Å². The van der Waals surface area contributed by atoms with Crippen LogP contribution in [0.2, 0.25) is 0 Å². The van der Waals surface area contributed by atoms with E-state index in [1.165, 1.54) is 0 Å². The number of likely N-dealkylation sites (tertiary alicyclic amines) is 1. The number of likely N-dealkylation sites (N-methyl/N-ethyl adjacent to an activating group) is 1. The molecule has 0 atom stereocenters. The summed E-state index contributed by atoms with van der Waals surface area (Å²) in [5, 5.41) is 0. The van der Waals surface area contributed by atoms with E-state index < -0.39 is 0 Å². The van der Waals surface area contributed by atoms with Crippen LogP contribution in [0.5, 0.6) is 0 Å². The van der Waals surface area contributed by atoms with Gasteiger partial charge in [0.2, 0.25) is 0 Å². The standard InChI is InChI=1S/C12H16N2O/c1-14-7-9(8-14)10-4-2-3-5-11(10)12(15)6-13/h2-5,9H,6-8,13H2,1H3. The third-order valence-corrected chi connectivity index (χ3v) is 2.95. The number of hydrogen-bond acceptors (Lipinski definition) is 3. The third-order valence-electron chi connectivity index (χ3n) is 2.95. The summed E-state index contributed by atoms with van der Waals surface area (Å²) in [6.45, 7) is 2.17. The maximum Gasteiger partial charge on any atom is 0.176 e. The number of carbonyl (C=O) groups is 1. The number of rotatable bonds is 3. The van der Waals surface area contributed by atoms with Gasteiger partial charge in [0.15, 0.2) is 5.78 Å². The van der Waals surface area contributed by atoms with Crippen LogP contribution in [0.1, 0.15) is 21.8 Å². The van der Waals surface area contributed by atoms with E-state index in [1.54, 1.807) is 0 Å². The van der Waals surface area contributed by atoms with Gasteiger partial charge < -0.3 is 10.6 Å². The van der Waals surface area contributed by atoms with Gasteiger partial charge in [0.05, 0.1) is 6.54 Å². The number of ketones is 1. The molecular weight excluding hydrogens is 188 g/mol. The first-order chi connectivity index (χ1) is 7.22. The van der Waals surface area contributed by atoms with E-state index in [2.05, 4.69) is 11.9 Å². The van der Waals surface area contributed by atoms with Gasteiger partial charge in [-0.1, -0.05) is 24.3 Å². The van der Waals surface area contributed by atoms with E-state index in [-0.39, 0.29) is 12.3 Å². The number of nitrogens with two attached hydrogens (primary N) is 1. The highest BCUT2D eigenvalue weighted by Gasteiger charge is 2.27. The maximum absolute atomic E-state index is 11.6. The molecular formula is C12H16N2O. The molecule has 0 aliphatic carbocycles. The first-order valence-corrected chi connectivity index (χ1v) is 5.23. The molecule has 1 aromatic rings. The van der Waals surface area contributed by atoms with Crippen molar-refractivity contribution in [1.82, 2.24) is 4.90 Å². The van der Waals surface area contributed by atoms with Crippen molar-refractivity contribution in [2.45, 2.75) is 5.92 Å². The minimum atomic E-state index is 0.0418. The molecule has 3 nitrogen and oxygen atoms in total. The lowest BCUT2D eigenvalue weighted by molar-refractivity contribution is 0.0997. The van der Waals surface area contributed by atoms with Crippen molar-refractivity contribution in [2.24, 2.45) is 5.73 Å². The van der Waals surface area contributed by atoms with Crippen molar-refractivity contribution in [3.05, 3.63) is 35.4 Å². The topological polar surface area (TPSA) is 46.3 Å². The smallest absolute Gasteiger partial charge is 0.176 e. The first-order valence-electron chi connectivity index (χ1n) is 5.23. The second kappa shape index (κ2) is 4.13. The lowest BCUT2D eigenvalue weighted by Gasteiger charge is -2.37. The zero-order valence-electron chi connectivity index (χ0n) is 8.94. The number of carbonyl (C=O) groups excluding carboxylic acids is 1. The third kappa shape index (κ3) is 1.94. The molecule has 2 N–H and O–H groups in total. The van der Waals surface area contributed by atoms with Crippen LogP contribution in [0, 0.1) is 0 Å². The Morgan fingerprint density at radius 2 is 2.13 bits per heavy atom. The highest BCUT2D eigenvalue weighted by atomic mass is 16.1. The van der Waals surface area contributed by atoms with Crippen LogP contribution in [0.15, 0.2) is 24.3 Å². The Balaban J connectivity index is 2.26. The van der Waals surface area contributed by atoms with Crippen molar-refractivity contribution in [1.29, 1.82) is 0 Å². The fourth-order valence-electron chi connectivity index (χ4n) is 2.11. The highest BCUT2D eigenvalue weighted by molar-refractivity contribution is 5.99. The zero-order chi connectivity index (χ0) is 10.8. The van der Waals surface area contributed by atoms with Gasteiger partial charge >= 0.3 is 0 Å². The summed E-state index contributed by atoms with van der Waals surface area (Å²) in [6, 6.07) is 7.80. The molecule has 0 spiro atoms. The van der Waals surface area contributed by atoms with Crippen molar-refractivity contribution in [3.8, 4) is 0 Å². The predicted octanol–water partition coefficient (Wildman–Crippen LogP) is 0.857. The Morgan fingerprint density at radius 1 is 1.47 bits per heavy atom. The van der Waals surface area contributed by atoms with Gasteiger partial charge in [0.1, 0.15) is 0 Å². The number of hydrogen-bond donors (Lipinski definition) is 1. The van der Waals surface area contributed by atoms with E-state index in [4.69, 9.17) is 5.73 Å². The Morgan fingerprint density at radius 3 is 2.73 bits per heavy atom. The van der Waals surface area contributed by atoms with Crippen molar-refractivity contribution in [3.63, 3.8) is 0 Å². The Bertz CT molecular complexity index is 370. The maximum atomic E-state index is 11.6. The molecule has 0 aromatic heterocycles. The second-order valence-corrected chi connectivity index (χ2v) is 4.13. The molecule has 1 aliphatic rings. The molecule has 0 saturated carbocycles. The van der Waals surface area contributed by atoms with Crippen molar-refractivity contribution >= 4 is 5.78 Å². The van der Waals surface area contributed by atoms with Crippen LogP contribution in [0.3, 0.4) is 0 Å². The summed E-state index contributed by atoms with van der Waals surface area (Å²) >= 11 is 0. The van der Waals surface area contributed by atoms with Gasteiger partial charge in [0, 0.05) is 24.6 Å². The fourth-order valence-corrected chi connectivity index (χ4v) is 2.11.